The van der Waals surface area contributed by atoms with E-state index in [1.54, 1.807) is 0 Å². The number of nitrogens with one attached hydrogen (secondary N) is 2. The van der Waals surface area contributed by atoms with Gasteiger partial charge in [-0.3, -0.25) is 4.79 Å². The topological polar surface area (TPSA) is 41.1 Å². The van der Waals surface area contributed by atoms with E-state index in [0.29, 0.717) is 12.6 Å². The number of amides is 1. The second-order valence-electron chi connectivity index (χ2n) is 5.05. The molecule has 1 saturated carbocycles. The van der Waals surface area contributed by atoms with E-state index < -0.39 is 11.7 Å². The number of halogens is 3. The van der Waals surface area contributed by atoms with Gasteiger partial charge in [-0.1, -0.05) is 6.07 Å². The van der Waals surface area contributed by atoms with E-state index in [-0.39, 0.29) is 23.6 Å². The molecule has 1 aromatic carbocycles. The summed E-state index contributed by atoms with van der Waals surface area (Å²) in [5, 5.41) is 5.67. The van der Waals surface area contributed by atoms with Crippen molar-refractivity contribution in [2.45, 2.75) is 38.4 Å². The fourth-order valence-corrected chi connectivity index (χ4v) is 1.91. The smallest absolute Gasteiger partial charge is 0.326 e. The molecule has 2 N–H and O–H groups in total. The zero-order valence-electron chi connectivity index (χ0n) is 11.2. The second kappa shape index (κ2) is 5.83. The second-order valence-corrected chi connectivity index (χ2v) is 5.05. The van der Waals surface area contributed by atoms with Crippen LogP contribution in [-0.4, -0.2) is 18.5 Å². The number of benzene rings is 1. The van der Waals surface area contributed by atoms with Crippen molar-refractivity contribution in [3.8, 4) is 0 Å². The van der Waals surface area contributed by atoms with Crippen LogP contribution in [0.4, 0.5) is 18.9 Å². The van der Waals surface area contributed by atoms with Crippen LogP contribution in [0.3, 0.4) is 0 Å². The molecule has 6 heteroatoms. The largest absolute Gasteiger partial charge is 0.416 e. The van der Waals surface area contributed by atoms with Crippen molar-refractivity contribution >= 4 is 11.6 Å². The molecule has 0 atom stereocenters. The van der Waals surface area contributed by atoms with Gasteiger partial charge in [0.1, 0.15) is 0 Å². The van der Waals surface area contributed by atoms with Gasteiger partial charge in [0.15, 0.2) is 0 Å². The number of hydrogen-bond acceptors (Lipinski definition) is 2. The van der Waals surface area contributed by atoms with Crippen LogP contribution in [0, 0.1) is 6.92 Å². The lowest BCUT2D eigenvalue weighted by atomic mass is 10.1. The molecule has 1 fully saturated rings. The summed E-state index contributed by atoms with van der Waals surface area (Å²) in [6.07, 6.45) is -1.88. The van der Waals surface area contributed by atoms with Crippen LogP contribution in [0.5, 0.6) is 0 Å². The fraction of sp³-hybridized carbons (Fsp3) is 0.500. The first-order valence-electron chi connectivity index (χ1n) is 6.57. The van der Waals surface area contributed by atoms with Gasteiger partial charge in [0, 0.05) is 24.7 Å². The molecule has 0 heterocycles. The van der Waals surface area contributed by atoms with Gasteiger partial charge in [0.25, 0.3) is 0 Å². The zero-order valence-corrected chi connectivity index (χ0v) is 11.2. The van der Waals surface area contributed by atoms with Crippen LogP contribution >= 0.6 is 0 Å². The molecule has 3 nitrogen and oxygen atoms in total. The maximum absolute atomic E-state index is 12.7. The number of carbonyl (C=O) groups excluding carboxylic acids is 1. The Morgan fingerprint density at radius 1 is 1.35 bits per heavy atom. The van der Waals surface area contributed by atoms with Crippen LogP contribution < -0.4 is 10.6 Å². The molecule has 0 bridgehead atoms. The molecule has 20 heavy (non-hydrogen) atoms. The monoisotopic (exact) mass is 286 g/mol. The summed E-state index contributed by atoms with van der Waals surface area (Å²) >= 11 is 0. The van der Waals surface area contributed by atoms with Crippen LogP contribution in [-0.2, 0) is 11.0 Å². The SMILES string of the molecule is Cc1ccc(NC(=O)CCNC2CC2)cc1C(F)(F)F. The Balaban J connectivity index is 1.92. The summed E-state index contributed by atoms with van der Waals surface area (Å²) in [4.78, 5) is 11.6. The van der Waals surface area contributed by atoms with Gasteiger partial charge in [0.05, 0.1) is 5.56 Å². The molecule has 1 aliphatic rings. The molecule has 0 radical (unpaired) electrons. The van der Waals surface area contributed by atoms with Crippen molar-refractivity contribution < 1.29 is 18.0 Å². The molecular formula is C14H17F3N2O. The average Bonchev–Trinajstić information content (AvgIpc) is 3.14. The van der Waals surface area contributed by atoms with E-state index >= 15 is 0 Å². The van der Waals surface area contributed by atoms with E-state index in [9.17, 15) is 18.0 Å². The van der Waals surface area contributed by atoms with E-state index in [4.69, 9.17) is 0 Å². The number of anilines is 1. The quantitative estimate of drug-likeness (QED) is 0.873. The zero-order chi connectivity index (χ0) is 14.8. The molecule has 0 aromatic heterocycles. The molecule has 1 aromatic rings. The fourth-order valence-electron chi connectivity index (χ4n) is 1.91. The molecule has 1 aliphatic carbocycles. The minimum Gasteiger partial charge on any atom is -0.326 e. The lowest BCUT2D eigenvalue weighted by molar-refractivity contribution is -0.138. The van der Waals surface area contributed by atoms with Crippen LogP contribution in [0.15, 0.2) is 18.2 Å². The van der Waals surface area contributed by atoms with Gasteiger partial charge >= 0.3 is 6.18 Å². The standard InChI is InChI=1S/C14H17F3N2O/c1-9-2-3-11(8-12(9)14(15,16)17)19-13(20)6-7-18-10-4-5-10/h2-3,8,10,18H,4-7H2,1H3,(H,19,20). The van der Waals surface area contributed by atoms with E-state index in [0.717, 1.165) is 18.9 Å². The van der Waals surface area contributed by atoms with Gasteiger partial charge in [-0.25, -0.2) is 0 Å². The maximum Gasteiger partial charge on any atom is 0.416 e. The normalized spacial score (nSPS) is 15.2. The Bertz CT molecular complexity index is 496. The Labute approximate surface area is 115 Å². The molecule has 0 saturated heterocycles. The van der Waals surface area contributed by atoms with E-state index in [1.807, 2.05) is 0 Å². The van der Waals surface area contributed by atoms with Gasteiger partial charge in [-0.15, -0.1) is 0 Å². The van der Waals surface area contributed by atoms with Crippen molar-refractivity contribution in [3.05, 3.63) is 29.3 Å². The molecule has 0 aliphatic heterocycles. The number of alkyl halides is 3. The van der Waals surface area contributed by atoms with Gasteiger partial charge in [-0.05, 0) is 37.5 Å². The van der Waals surface area contributed by atoms with Crippen LogP contribution in [0.25, 0.3) is 0 Å². The summed E-state index contributed by atoms with van der Waals surface area (Å²) in [6.45, 7) is 1.95. The first-order chi connectivity index (χ1) is 9.36. The summed E-state index contributed by atoms with van der Waals surface area (Å²) in [5.41, 5.74) is -0.392. The molecular weight excluding hydrogens is 269 g/mol. The third-order valence-corrected chi connectivity index (χ3v) is 3.19. The van der Waals surface area contributed by atoms with E-state index in [1.165, 1.54) is 19.1 Å². The average molecular weight is 286 g/mol. The predicted molar refractivity (Wildman–Crippen MR) is 70.5 cm³/mol. The van der Waals surface area contributed by atoms with Crippen molar-refractivity contribution in [2.75, 3.05) is 11.9 Å². The molecule has 1 amide bonds. The summed E-state index contributed by atoms with van der Waals surface area (Å²) < 4.78 is 38.2. The van der Waals surface area contributed by atoms with E-state index in [2.05, 4.69) is 10.6 Å². The number of rotatable bonds is 5. The van der Waals surface area contributed by atoms with Crippen molar-refractivity contribution in [1.29, 1.82) is 0 Å². The highest BCUT2D eigenvalue weighted by Gasteiger charge is 2.32. The van der Waals surface area contributed by atoms with Crippen molar-refractivity contribution in [1.82, 2.24) is 5.32 Å². The third kappa shape index (κ3) is 4.23. The third-order valence-electron chi connectivity index (χ3n) is 3.19. The van der Waals surface area contributed by atoms with Gasteiger partial charge in [0.2, 0.25) is 5.91 Å². The number of hydrogen-bond donors (Lipinski definition) is 2. The number of carbonyl (C=O) groups is 1. The highest BCUT2D eigenvalue weighted by Crippen LogP contribution is 2.33. The molecule has 2 rings (SSSR count). The van der Waals surface area contributed by atoms with Gasteiger partial charge in [-0.2, -0.15) is 13.2 Å². The van der Waals surface area contributed by atoms with Crippen molar-refractivity contribution in [3.63, 3.8) is 0 Å². The van der Waals surface area contributed by atoms with Crippen molar-refractivity contribution in [2.24, 2.45) is 0 Å². The Morgan fingerprint density at radius 2 is 2.05 bits per heavy atom. The lowest BCUT2D eigenvalue weighted by Gasteiger charge is -2.13. The predicted octanol–water partition coefficient (Wildman–Crippen LogP) is 3.09. The first kappa shape index (κ1) is 14.8. The van der Waals surface area contributed by atoms with Gasteiger partial charge < -0.3 is 10.6 Å². The maximum atomic E-state index is 12.7. The lowest BCUT2D eigenvalue weighted by Crippen LogP contribution is -2.23. The Hall–Kier alpha value is -1.56. The summed E-state index contributed by atoms with van der Waals surface area (Å²) in [6, 6.07) is 4.33. The van der Waals surface area contributed by atoms with Crippen LogP contribution in [0.1, 0.15) is 30.4 Å². The molecule has 0 unspecified atom stereocenters. The highest BCUT2D eigenvalue weighted by atomic mass is 19.4. The first-order valence-corrected chi connectivity index (χ1v) is 6.57. The Kier molecular flexibility index (Phi) is 4.32. The summed E-state index contributed by atoms with van der Waals surface area (Å²) in [7, 11) is 0. The minimum absolute atomic E-state index is 0.144. The Morgan fingerprint density at radius 3 is 2.65 bits per heavy atom. The van der Waals surface area contributed by atoms with Crippen LogP contribution in [0.2, 0.25) is 0 Å². The molecule has 110 valence electrons. The molecule has 0 spiro atoms. The summed E-state index contributed by atoms with van der Waals surface area (Å²) in [5.74, 6) is -0.282. The number of aryl methyl sites for hydroxylation is 1. The minimum atomic E-state index is -4.40. The highest BCUT2D eigenvalue weighted by molar-refractivity contribution is 5.90.